The van der Waals surface area contributed by atoms with Crippen molar-refractivity contribution in [1.82, 2.24) is 9.97 Å². The van der Waals surface area contributed by atoms with E-state index in [1.165, 1.54) is 0 Å². The SMILES string of the molecule is CCCc1cc(NCC2(O)CCOCC2)ncn1. The van der Waals surface area contributed by atoms with Gasteiger partial charge in [0, 0.05) is 44.4 Å². The fourth-order valence-corrected chi connectivity index (χ4v) is 2.07. The lowest BCUT2D eigenvalue weighted by molar-refractivity contribution is -0.0543. The Bertz CT molecular complexity index is 378. The summed E-state index contributed by atoms with van der Waals surface area (Å²) in [5.74, 6) is 0.786. The third-order valence-electron chi connectivity index (χ3n) is 3.25. The van der Waals surface area contributed by atoms with Gasteiger partial charge in [-0.25, -0.2) is 9.97 Å². The van der Waals surface area contributed by atoms with E-state index in [9.17, 15) is 5.11 Å². The average Bonchev–Trinajstić information content (AvgIpc) is 2.38. The molecule has 0 aromatic carbocycles. The van der Waals surface area contributed by atoms with Crippen LogP contribution in [-0.2, 0) is 11.2 Å². The molecule has 5 heteroatoms. The Hall–Kier alpha value is -1.20. The average molecular weight is 251 g/mol. The normalized spacial score (nSPS) is 18.6. The van der Waals surface area contributed by atoms with E-state index in [0.29, 0.717) is 32.6 Å². The van der Waals surface area contributed by atoms with Crippen molar-refractivity contribution >= 4 is 5.82 Å². The van der Waals surface area contributed by atoms with Gasteiger partial charge in [-0.15, -0.1) is 0 Å². The van der Waals surface area contributed by atoms with Crippen LogP contribution in [0.4, 0.5) is 5.82 Å². The Balaban J connectivity index is 1.90. The lowest BCUT2D eigenvalue weighted by atomic mass is 9.94. The van der Waals surface area contributed by atoms with Crippen molar-refractivity contribution in [2.45, 2.75) is 38.2 Å². The minimum absolute atomic E-state index is 0.513. The first-order valence-electron chi connectivity index (χ1n) is 6.57. The summed E-state index contributed by atoms with van der Waals surface area (Å²) in [6.07, 6.45) is 4.94. The van der Waals surface area contributed by atoms with Crippen molar-refractivity contribution in [3.05, 3.63) is 18.1 Å². The lowest BCUT2D eigenvalue weighted by Crippen LogP contribution is -2.42. The van der Waals surface area contributed by atoms with Crippen LogP contribution in [0.3, 0.4) is 0 Å². The summed E-state index contributed by atoms with van der Waals surface area (Å²) in [6.45, 7) is 3.89. The second kappa shape index (κ2) is 6.11. The molecule has 2 N–H and O–H groups in total. The summed E-state index contributed by atoms with van der Waals surface area (Å²) in [4.78, 5) is 8.38. The number of aryl methyl sites for hydroxylation is 1. The van der Waals surface area contributed by atoms with Crippen LogP contribution in [0.15, 0.2) is 12.4 Å². The minimum Gasteiger partial charge on any atom is -0.388 e. The molecule has 1 aliphatic rings. The molecule has 18 heavy (non-hydrogen) atoms. The van der Waals surface area contributed by atoms with Gasteiger partial charge in [-0.05, 0) is 6.42 Å². The zero-order valence-corrected chi connectivity index (χ0v) is 10.9. The predicted octanol–water partition coefficient (Wildman–Crippen LogP) is 1.38. The molecule has 5 nitrogen and oxygen atoms in total. The van der Waals surface area contributed by atoms with Gasteiger partial charge in [0.15, 0.2) is 0 Å². The maximum Gasteiger partial charge on any atom is 0.129 e. The van der Waals surface area contributed by atoms with Crippen molar-refractivity contribution in [1.29, 1.82) is 0 Å². The van der Waals surface area contributed by atoms with Gasteiger partial charge in [0.05, 0.1) is 5.60 Å². The van der Waals surface area contributed by atoms with Gasteiger partial charge in [0.2, 0.25) is 0 Å². The zero-order valence-electron chi connectivity index (χ0n) is 10.9. The fourth-order valence-electron chi connectivity index (χ4n) is 2.07. The number of nitrogens with zero attached hydrogens (tertiary/aromatic N) is 2. The highest BCUT2D eigenvalue weighted by atomic mass is 16.5. The van der Waals surface area contributed by atoms with E-state index in [1.807, 2.05) is 6.07 Å². The van der Waals surface area contributed by atoms with Crippen LogP contribution in [0.1, 0.15) is 31.9 Å². The number of hydrogen-bond donors (Lipinski definition) is 2. The quantitative estimate of drug-likeness (QED) is 0.827. The summed E-state index contributed by atoms with van der Waals surface area (Å²) in [7, 11) is 0. The summed E-state index contributed by atoms with van der Waals surface area (Å²) >= 11 is 0. The Kier molecular flexibility index (Phi) is 4.49. The van der Waals surface area contributed by atoms with Crippen LogP contribution >= 0.6 is 0 Å². The van der Waals surface area contributed by atoms with Gasteiger partial charge in [0.25, 0.3) is 0 Å². The molecular weight excluding hydrogens is 230 g/mol. The van der Waals surface area contributed by atoms with E-state index in [1.54, 1.807) is 6.33 Å². The number of ether oxygens (including phenoxy) is 1. The van der Waals surface area contributed by atoms with Gasteiger partial charge in [-0.3, -0.25) is 0 Å². The summed E-state index contributed by atoms with van der Waals surface area (Å²) in [6, 6.07) is 1.95. The molecule has 0 spiro atoms. The Morgan fingerprint density at radius 2 is 2.17 bits per heavy atom. The van der Waals surface area contributed by atoms with Gasteiger partial charge < -0.3 is 15.2 Å². The van der Waals surface area contributed by atoms with Gasteiger partial charge in [-0.2, -0.15) is 0 Å². The van der Waals surface area contributed by atoms with Crippen molar-refractivity contribution in [3.63, 3.8) is 0 Å². The van der Waals surface area contributed by atoms with Crippen LogP contribution in [-0.4, -0.2) is 40.4 Å². The molecule has 1 saturated heterocycles. The van der Waals surface area contributed by atoms with E-state index in [-0.39, 0.29) is 0 Å². The van der Waals surface area contributed by atoms with Gasteiger partial charge in [-0.1, -0.05) is 13.3 Å². The van der Waals surface area contributed by atoms with Crippen LogP contribution < -0.4 is 5.32 Å². The molecule has 0 saturated carbocycles. The predicted molar refractivity (Wildman–Crippen MR) is 69.5 cm³/mol. The Morgan fingerprint density at radius 1 is 1.39 bits per heavy atom. The first-order valence-corrected chi connectivity index (χ1v) is 6.57. The number of anilines is 1. The molecule has 0 radical (unpaired) electrons. The third kappa shape index (κ3) is 3.65. The summed E-state index contributed by atoms with van der Waals surface area (Å²) < 4.78 is 5.25. The smallest absolute Gasteiger partial charge is 0.129 e. The molecule has 2 heterocycles. The molecule has 1 aromatic heterocycles. The van der Waals surface area contributed by atoms with Crippen LogP contribution in [0.5, 0.6) is 0 Å². The van der Waals surface area contributed by atoms with Crippen molar-refractivity contribution in [2.24, 2.45) is 0 Å². The van der Waals surface area contributed by atoms with E-state index in [2.05, 4.69) is 22.2 Å². The van der Waals surface area contributed by atoms with E-state index >= 15 is 0 Å². The second-order valence-corrected chi connectivity index (χ2v) is 4.83. The monoisotopic (exact) mass is 251 g/mol. The second-order valence-electron chi connectivity index (χ2n) is 4.83. The van der Waals surface area contributed by atoms with Gasteiger partial charge in [0.1, 0.15) is 12.1 Å². The number of aliphatic hydroxyl groups is 1. The number of aromatic nitrogens is 2. The summed E-state index contributed by atoms with van der Waals surface area (Å²) in [5.41, 5.74) is 0.364. The third-order valence-corrected chi connectivity index (χ3v) is 3.25. The topological polar surface area (TPSA) is 67.3 Å². The maximum atomic E-state index is 10.3. The van der Waals surface area contributed by atoms with Crippen molar-refractivity contribution in [2.75, 3.05) is 25.1 Å². The molecule has 0 bridgehead atoms. The standard InChI is InChI=1S/C13H21N3O2/c1-2-3-11-8-12(16-10-15-11)14-9-13(17)4-6-18-7-5-13/h8,10,17H,2-7,9H2,1H3,(H,14,15,16). The zero-order chi connectivity index (χ0) is 12.8. The van der Waals surface area contributed by atoms with Crippen LogP contribution in [0.2, 0.25) is 0 Å². The number of nitrogens with one attached hydrogen (secondary N) is 1. The lowest BCUT2D eigenvalue weighted by Gasteiger charge is -2.32. The molecule has 2 rings (SSSR count). The Labute approximate surface area is 108 Å². The van der Waals surface area contributed by atoms with Gasteiger partial charge >= 0.3 is 0 Å². The molecule has 1 aromatic rings. The first-order chi connectivity index (χ1) is 8.72. The van der Waals surface area contributed by atoms with Crippen LogP contribution in [0, 0.1) is 0 Å². The van der Waals surface area contributed by atoms with Crippen molar-refractivity contribution in [3.8, 4) is 0 Å². The van der Waals surface area contributed by atoms with E-state index in [4.69, 9.17) is 4.74 Å². The molecule has 0 unspecified atom stereocenters. The Morgan fingerprint density at radius 3 is 2.89 bits per heavy atom. The molecule has 0 amide bonds. The molecule has 100 valence electrons. The molecule has 1 fully saturated rings. The highest BCUT2D eigenvalue weighted by Gasteiger charge is 2.29. The fraction of sp³-hybridized carbons (Fsp3) is 0.692. The largest absolute Gasteiger partial charge is 0.388 e. The highest BCUT2D eigenvalue weighted by molar-refractivity contribution is 5.35. The molecule has 0 atom stereocenters. The van der Waals surface area contributed by atoms with Crippen LogP contribution in [0.25, 0.3) is 0 Å². The molecule has 0 aliphatic carbocycles. The molecular formula is C13H21N3O2. The summed E-state index contributed by atoms with van der Waals surface area (Å²) in [5, 5.41) is 13.5. The minimum atomic E-state index is -0.673. The van der Waals surface area contributed by atoms with E-state index in [0.717, 1.165) is 24.4 Å². The highest BCUT2D eigenvalue weighted by Crippen LogP contribution is 2.20. The van der Waals surface area contributed by atoms with Crippen molar-refractivity contribution < 1.29 is 9.84 Å². The molecule has 1 aliphatic heterocycles. The number of rotatable bonds is 5. The van der Waals surface area contributed by atoms with E-state index < -0.39 is 5.60 Å². The first kappa shape index (κ1) is 13.2. The maximum absolute atomic E-state index is 10.3. The number of hydrogen-bond acceptors (Lipinski definition) is 5.